The van der Waals surface area contributed by atoms with Crippen LogP contribution in [0.1, 0.15) is 29.0 Å². The lowest BCUT2D eigenvalue weighted by molar-refractivity contribution is -0.384. The number of hydrogen-bond donors (Lipinski definition) is 0. The molecule has 26 heavy (non-hydrogen) atoms. The number of alkyl halides is 2. The van der Waals surface area contributed by atoms with Crippen LogP contribution in [0.4, 0.5) is 18.9 Å². The van der Waals surface area contributed by atoms with Gasteiger partial charge in [0.1, 0.15) is 0 Å². The lowest BCUT2D eigenvalue weighted by atomic mass is 9.93. The SMILES string of the molecule is O=C(N(F)Cc1ccccc1)C(F)(F)C1CCc2cc([N+](=O)[O-])ccc21. The van der Waals surface area contributed by atoms with Crippen LogP contribution in [-0.4, -0.2) is 21.9 Å². The first-order valence-electron chi connectivity index (χ1n) is 7.97. The molecule has 2 aromatic carbocycles. The fourth-order valence-corrected chi connectivity index (χ4v) is 3.22. The molecule has 0 fully saturated rings. The van der Waals surface area contributed by atoms with Crippen molar-refractivity contribution in [1.82, 2.24) is 5.12 Å². The number of halogens is 3. The maximum atomic E-state index is 14.6. The molecule has 5 nitrogen and oxygen atoms in total. The molecule has 3 rings (SSSR count). The van der Waals surface area contributed by atoms with Crippen LogP contribution in [0.3, 0.4) is 0 Å². The third-order valence-electron chi connectivity index (χ3n) is 4.52. The summed E-state index contributed by atoms with van der Waals surface area (Å²) in [5.74, 6) is -7.34. The normalized spacial score (nSPS) is 16.2. The Kier molecular flexibility index (Phi) is 4.67. The van der Waals surface area contributed by atoms with Gasteiger partial charge < -0.3 is 0 Å². The molecule has 1 aliphatic rings. The molecule has 0 saturated carbocycles. The molecular weight excluding hydrogens is 349 g/mol. The van der Waals surface area contributed by atoms with Crippen LogP contribution in [0.25, 0.3) is 0 Å². The second kappa shape index (κ2) is 6.78. The highest BCUT2D eigenvalue weighted by Crippen LogP contribution is 2.45. The minimum absolute atomic E-state index is 0.0750. The monoisotopic (exact) mass is 364 g/mol. The summed E-state index contributed by atoms with van der Waals surface area (Å²) < 4.78 is 43.4. The Balaban J connectivity index is 1.80. The van der Waals surface area contributed by atoms with Crippen molar-refractivity contribution in [3.8, 4) is 0 Å². The van der Waals surface area contributed by atoms with Gasteiger partial charge in [-0.1, -0.05) is 40.9 Å². The molecule has 1 aliphatic carbocycles. The maximum Gasteiger partial charge on any atom is 0.333 e. The van der Waals surface area contributed by atoms with E-state index in [1.807, 2.05) is 0 Å². The van der Waals surface area contributed by atoms with Gasteiger partial charge in [0.25, 0.3) is 5.69 Å². The Morgan fingerprint density at radius 1 is 1.23 bits per heavy atom. The zero-order chi connectivity index (χ0) is 18.9. The van der Waals surface area contributed by atoms with E-state index in [0.29, 0.717) is 11.1 Å². The molecule has 1 amide bonds. The summed E-state index contributed by atoms with van der Waals surface area (Å²) in [5.41, 5.74) is 0.740. The Morgan fingerprint density at radius 2 is 1.92 bits per heavy atom. The zero-order valence-corrected chi connectivity index (χ0v) is 13.6. The van der Waals surface area contributed by atoms with Gasteiger partial charge in [0.05, 0.1) is 17.4 Å². The van der Waals surface area contributed by atoms with Crippen molar-refractivity contribution < 1.29 is 23.0 Å². The Hall–Kier alpha value is -2.90. The standard InChI is InChI=1S/C18H15F3N2O3/c19-18(20,17(24)22(21)11-12-4-2-1-3-5-12)16-9-6-13-10-14(23(25)26)7-8-15(13)16/h1-5,7-8,10,16H,6,9,11H2. The van der Waals surface area contributed by atoms with Crippen LogP contribution < -0.4 is 0 Å². The lowest BCUT2D eigenvalue weighted by Crippen LogP contribution is -2.42. The number of nitro benzene ring substituents is 1. The van der Waals surface area contributed by atoms with Crippen molar-refractivity contribution in [1.29, 1.82) is 0 Å². The van der Waals surface area contributed by atoms with Crippen LogP contribution in [0.2, 0.25) is 0 Å². The molecule has 2 aromatic rings. The first-order valence-corrected chi connectivity index (χ1v) is 7.97. The van der Waals surface area contributed by atoms with Crippen LogP contribution in [-0.2, 0) is 17.8 Å². The van der Waals surface area contributed by atoms with Crippen LogP contribution in [0.15, 0.2) is 48.5 Å². The number of carbonyl (C=O) groups excluding carboxylic acids is 1. The molecule has 0 heterocycles. The molecule has 8 heteroatoms. The lowest BCUT2D eigenvalue weighted by Gasteiger charge is -2.25. The Labute approximate surface area is 147 Å². The number of carbonyl (C=O) groups is 1. The number of nitro groups is 1. The molecule has 0 aromatic heterocycles. The van der Waals surface area contributed by atoms with Gasteiger partial charge in [-0.3, -0.25) is 14.9 Å². The molecule has 0 spiro atoms. The highest BCUT2D eigenvalue weighted by Gasteiger charge is 2.52. The van der Waals surface area contributed by atoms with Crippen molar-refractivity contribution >= 4 is 11.6 Å². The minimum Gasteiger partial charge on any atom is -0.265 e. The fourth-order valence-electron chi connectivity index (χ4n) is 3.22. The summed E-state index contributed by atoms with van der Waals surface area (Å²) in [6, 6.07) is 11.6. The van der Waals surface area contributed by atoms with Gasteiger partial charge in [-0.05, 0) is 29.5 Å². The van der Waals surface area contributed by atoms with Gasteiger partial charge in [-0.25, -0.2) is 0 Å². The van der Waals surface area contributed by atoms with E-state index >= 15 is 0 Å². The number of rotatable bonds is 5. The van der Waals surface area contributed by atoms with Crippen molar-refractivity contribution in [3.05, 3.63) is 75.3 Å². The van der Waals surface area contributed by atoms with Gasteiger partial charge in [0.15, 0.2) is 0 Å². The molecule has 0 saturated heterocycles. The van der Waals surface area contributed by atoms with E-state index in [4.69, 9.17) is 0 Å². The molecular formula is C18H15F3N2O3. The van der Waals surface area contributed by atoms with E-state index in [0.717, 1.165) is 6.07 Å². The topological polar surface area (TPSA) is 63.5 Å². The van der Waals surface area contributed by atoms with Crippen LogP contribution in [0.5, 0.6) is 0 Å². The van der Waals surface area contributed by atoms with Crippen molar-refractivity contribution in [2.75, 3.05) is 0 Å². The van der Waals surface area contributed by atoms with Gasteiger partial charge in [-0.2, -0.15) is 13.9 Å². The number of fused-ring (bicyclic) bond motifs is 1. The quantitative estimate of drug-likeness (QED) is 0.454. The second-order valence-corrected chi connectivity index (χ2v) is 6.17. The van der Waals surface area contributed by atoms with Crippen molar-refractivity contribution in [3.63, 3.8) is 0 Å². The number of aryl methyl sites for hydroxylation is 1. The molecule has 0 bridgehead atoms. The minimum atomic E-state index is -3.94. The largest absolute Gasteiger partial charge is 0.333 e. The molecule has 0 radical (unpaired) electrons. The van der Waals surface area contributed by atoms with Crippen LogP contribution >= 0.6 is 0 Å². The summed E-state index contributed by atoms with van der Waals surface area (Å²) in [7, 11) is 0. The highest BCUT2D eigenvalue weighted by atomic mass is 19.3. The third kappa shape index (κ3) is 3.26. The van der Waals surface area contributed by atoms with E-state index in [1.54, 1.807) is 18.2 Å². The van der Waals surface area contributed by atoms with E-state index in [9.17, 15) is 28.2 Å². The van der Waals surface area contributed by atoms with Gasteiger partial charge >= 0.3 is 11.8 Å². The van der Waals surface area contributed by atoms with E-state index in [1.165, 1.54) is 24.3 Å². The van der Waals surface area contributed by atoms with E-state index < -0.39 is 34.3 Å². The summed E-state index contributed by atoms with van der Waals surface area (Å²) in [5, 5.41) is 10.3. The summed E-state index contributed by atoms with van der Waals surface area (Å²) in [4.78, 5) is 22.2. The smallest absolute Gasteiger partial charge is 0.265 e. The van der Waals surface area contributed by atoms with Crippen molar-refractivity contribution in [2.45, 2.75) is 31.2 Å². The van der Waals surface area contributed by atoms with Crippen molar-refractivity contribution in [2.24, 2.45) is 0 Å². The number of hydrogen-bond acceptors (Lipinski definition) is 3. The van der Waals surface area contributed by atoms with E-state index in [-0.39, 0.29) is 24.1 Å². The number of benzene rings is 2. The van der Waals surface area contributed by atoms with Gasteiger partial charge in [0.2, 0.25) is 0 Å². The van der Waals surface area contributed by atoms with Crippen LogP contribution in [0, 0.1) is 10.1 Å². The third-order valence-corrected chi connectivity index (χ3v) is 4.52. The first-order chi connectivity index (χ1) is 12.3. The zero-order valence-electron chi connectivity index (χ0n) is 13.6. The first kappa shape index (κ1) is 17.9. The molecule has 0 N–H and O–H groups in total. The number of amides is 1. The number of non-ortho nitro benzene ring substituents is 1. The fraction of sp³-hybridized carbons (Fsp3) is 0.278. The summed E-state index contributed by atoms with van der Waals surface area (Å²) in [6.45, 7) is -0.574. The predicted molar refractivity (Wildman–Crippen MR) is 87.2 cm³/mol. The highest BCUT2D eigenvalue weighted by molar-refractivity contribution is 5.84. The average molecular weight is 364 g/mol. The number of nitrogens with zero attached hydrogens (tertiary/aromatic N) is 2. The summed E-state index contributed by atoms with van der Waals surface area (Å²) in [6.07, 6.45) is 0.101. The molecule has 1 unspecified atom stereocenters. The maximum absolute atomic E-state index is 14.6. The molecule has 0 aliphatic heterocycles. The Morgan fingerprint density at radius 3 is 2.58 bits per heavy atom. The predicted octanol–water partition coefficient (Wildman–Crippen LogP) is 4.17. The second-order valence-electron chi connectivity index (χ2n) is 6.17. The van der Waals surface area contributed by atoms with E-state index in [2.05, 4.69) is 0 Å². The Bertz CT molecular complexity index is 843. The summed E-state index contributed by atoms with van der Waals surface area (Å²) >= 11 is 0. The molecule has 1 atom stereocenters. The average Bonchev–Trinajstić information content (AvgIpc) is 3.05. The van der Waals surface area contributed by atoms with Gasteiger partial charge in [-0.15, -0.1) is 0 Å². The molecule has 136 valence electrons. The van der Waals surface area contributed by atoms with Gasteiger partial charge in [0, 0.05) is 12.1 Å².